The minimum absolute atomic E-state index is 0.917. The highest BCUT2D eigenvalue weighted by atomic mass is 16.5. The fourth-order valence-corrected chi connectivity index (χ4v) is 2.36. The van der Waals surface area contributed by atoms with Crippen molar-refractivity contribution in [1.29, 1.82) is 0 Å². The van der Waals surface area contributed by atoms with Gasteiger partial charge in [-0.2, -0.15) is 0 Å². The molecule has 0 saturated heterocycles. The van der Waals surface area contributed by atoms with Gasteiger partial charge in [-0.1, -0.05) is 30.4 Å². The van der Waals surface area contributed by atoms with E-state index in [0.717, 1.165) is 28.5 Å². The maximum absolute atomic E-state index is 10.4. The van der Waals surface area contributed by atoms with Crippen molar-refractivity contribution in [3.63, 3.8) is 0 Å². The zero-order chi connectivity index (χ0) is 18.3. The third-order valence-electron chi connectivity index (χ3n) is 4.12. The van der Waals surface area contributed by atoms with E-state index in [1.807, 2.05) is 19.1 Å². The lowest BCUT2D eigenvalue weighted by Gasteiger charge is -2.14. The van der Waals surface area contributed by atoms with Crippen LogP contribution < -0.4 is 4.74 Å². The van der Waals surface area contributed by atoms with Crippen LogP contribution in [0.3, 0.4) is 0 Å². The number of hydrogen-bond acceptors (Lipinski definition) is 2. The van der Waals surface area contributed by atoms with Crippen LogP contribution in [-0.2, 0) is 4.79 Å². The molecule has 0 atom stereocenters. The summed E-state index contributed by atoms with van der Waals surface area (Å²) >= 11 is 0. The number of carboxylic acids is 1. The molecule has 0 aromatic heterocycles. The topological polar surface area (TPSA) is 46.5 Å². The SMILES string of the molecule is COc1cc(C)c(C=C(C)C(C)=CC=CC=CC(=O)O)c(C)c1C. The number of benzene rings is 1. The fraction of sp³-hybridized carbons (Fsp3) is 0.286. The summed E-state index contributed by atoms with van der Waals surface area (Å²) in [5.41, 5.74) is 7.07. The third-order valence-corrected chi connectivity index (χ3v) is 4.12. The van der Waals surface area contributed by atoms with E-state index in [2.05, 4.69) is 39.8 Å². The van der Waals surface area contributed by atoms with Crippen molar-refractivity contribution in [2.24, 2.45) is 0 Å². The van der Waals surface area contributed by atoms with Gasteiger partial charge in [-0.25, -0.2) is 4.79 Å². The number of rotatable bonds is 6. The molecule has 24 heavy (non-hydrogen) atoms. The second-order valence-electron chi connectivity index (χ2n) is 5.82. The standard InChI is InChI=1S/C21H26O3/c1-14(10-8-7-9-11-21(22)23)15(2)12-19-16(3)13-20(24-6)18(5)17(19)4/h7-13H,1-6H3,(H,22,23). The first kappa shape index (κ1) is 19.5. The van der Waals surface area contributed by atoms with E-state index < -0.39 is 5.97 Å². The van der Waals surface area contributed by atoms with Crippen LogP contribution in [0.15, 0.2) is 47.6 Å². The van der Waals surface area contributed by atoms with Crippen LogP contribution in [0.5, 0.6) is 5.75 Å². The zero-order valence-corrected chi connectivity index (χ0v) is 15.3. The van der Waals surface area contributed by atoms with Gasteiger partial charge in [0.2, 0.25) is 0 Å². The van der Waals surface area contributed by atoms with Gasteiger partial charge in [-0.15, -0.1) is 0 Å². The normalized spacial score (nSPS) is 13.1. The van der Waals surface area contributed by atoms with Crippen molar-refractivity contribution in [3.05, 3.63) is 69.8 Å². The molecule has 0 saturated carbocycles. The highest BCUT2D eigenvalue weighted by Gasteiger charge is 2.09. The number of ether oxygens (including phenoxy) is 1. The van der Waals surface area contributed by atoms with Crippen LogP contribution in [0.25, 0.3) is 6.08 Å². The molecule has 0 aliphatic rings. The molecule has 0 unspecified atom stereocenters. The van der Waals surface area contributed by atoms with Crippen LogP contribution in [0, 0.1) is 20.8 Å². The van der Waals surface area contributed by atoms with Gasteiger partial charge in [0.15, 0.2) is 0 Å². The van der Waals surface area contributed by atoms with E-state index in [9.17, 15) is 4.79 Å². The predicted molar refractivity (Wildman–Crippen MR) is 101 cm³/mol. The summed E-state index contributed by atoms with van der Waals surface area (Å²) in [7, 11) is 1.69. The second-order valence-corrected chi connectivity index (χ2v) is 5.82. The van der Waals surface area contributed by atoms with Crippen LogP contribution in [-0.4, -0.2) is 18.2 Å². The lowest BCUT2D eigenvalue weighted by molar-refractivity contribution is -0.131. The summed E-state index contributed by atoms with van der Waals surface area (Å²) in [6.45, 7) is 10.4. The summed E-state index contributed by atoms with van der Waals surface area (Å²) in [5.74, 6) is -0.0301. The Balaban J connectivity index is 3.09. The van der Waals surface area contributed by atoms with E-state index in [4.69, 9.17) is 9.84 Å². The molecule has 1 N–H and O–H groups in total. The molecule has 1 rings (SSSR count). The van der Waals surface area contributed by atoms with Crippen molar-refractivity contribution in [2.45, 2.75) is 34.6 Å². The molecule has 0 bridgehead atoms. The highest BCUT2D eigenvalue weighted by Crippen LogP contribution is 2.29. The van der Waals surface area contributed by atoms with Gasteiger partial charge in [-0.05, 0) is 74.1 Å². The first-order valence-electron chi connectivity index (χ1n) is 7.86. The van der Waals surface area contributed by atoms with Crippen molar-refractivity contribution >= 4 is 12.0 Å². The van der Waals surface area contributed by atoms with Gasteiger partial charge in [0.1, 0.15) is 5.75 Å². The Bertz CT molecular complexity index is 732. The summed E-state index contributed by atoms with van der Waals surface area (Å²) in [4.78, 5) is 10.4. The fourth-order valence-electron chi connectivity index (χ4n) is 2.36. The van der Waals surface area contributed by atoms with Crippen LogP contribution in [0.2, 0.25) is 0 Å². The Labute approximate surface area is 144 Å². The number of aliphatic carboxylic acids is 1. The molecular weight excluding hydrogens is 300 g/mol. The number of carboxylic acid groups (broad SMARTS) is 1. The molecule has 1 aromatic rings. The second kappa shape index (κ2) is 8.92. The van der Waals surface area contributed by atoms with Gasteiger partial charge >= 0.3 is 5.97 Å². The molecule has 128 valence electrons. The molecule has 0 aliphatic carbocycles. The number of hydrogen-bond donors (Lipinski definition) is 1. The van der Waals surface area contributed by atoms with E-state index in [1.54, 1.807) is 13.2 Å². The quantitative estimate of drug-likeness (QED) is 0.579. The van der Waals surface area contributed by atoms with Crippen molar-refractivity contribution < 1.29 is 14.6 Å². The molecule has 1 aromatic carbocycles. The highest BCUT2D eigenvalue weighted by molar-refractivity contribution is 5.80. The van der Waals surface area contributed by atoms with E-state index >= 15 is 0 Å². The Hall–Kier alpha value is -2.55. The number of allylic oxidation sites excluding steroid dienone is 6. The first-order chi connectivity index (χ1) is 11.3. The lowest BCUT2D eigenvalue weighted by atomic mass is 9.94. The predicted octanol–water partition coefficient (Wildman–Crippen LogP) is 5.17. The third kappa shape index (κ3) is 5.27. The van der Waals surface area contributed by atoms with Gasteiger partial charge in [0, 0.05) is 6.08 Å². The number of methoxy groups -OCH3 is 1. The van der Waals surface area contributed by atoms with Crippen LogP contribution >= 0.6 is 0 Å². The average molecular weight is 326 g/mol. The molecule has 0 fully saturated rings. The average Bonchev–Trinajstić information content (AvgIpc) is 2.53. The minimum Gasteiger partial charge on any atom is -0.496 e. The van der Waals surface area contributed by atoms with Gasteiger partial charge in [0.25, 0.3) is 0 Å². The molecule has 0 heterocycles. The Kier molecular flexibility index (Phi) is 7.25. The molecule has 3 heteroatoms. The summed E-state index contributed by atoms with van der Waals surface area (Å²) in [5, 5.41) is 8.53. The molecule has 0 spiro atoms. The minimum atomic E-state index is -0.947. The smallest absolute Gasteiger partial charge is 0.328 e. The van der Waals surface area contributed by atoms with Crippen LogP contribution in [0.4, 0.5) is 0 Å². The monoisotopic (exact) mass is 326 g/mol. The maximum Gasteiger partial charge on any atom is 0.328 e. The Morgan fingerprint density at radius 3 is 2.29 bits per heavy atom. The molecule has 3 nitrogen and oxygen atoms in total. The van der Waals surface area contributed by atoms with Crippen molar-refractivity contribution in [2.75, 3.05) is 7.11 Å². The summed E-state index contributed by atoms with van der Waals surface area (Å²) < 4.78 is 5.42. The molecule has 0 aliphatic heterocycles. The molecular formula is C21H26O3. The van der Waals surface area contributed by atoms with Gasteiger partial charge in [0.05, 0.1) is 7.11 Å². The molecule has 0 radical (unpaired) electrons. The zero-order valence-electron chi connectivity index (χ0n) is 15.3. The summed E-state index contributed by atoms with van der Waals surface area (Å²) in [6.07, 6.45) is 10.3. The van der Waals surface area contributed by atoms with Crippen molar-refractivity contribution in [1.82, 2.24) is 0 Å². The lowest BCUT2D eigenvalue weighted by Crippen LogP contribution is -1.96. The van der Waals surface area contributed by atoms with Gasteiger partial charge < -0.3 is 9.84 Å². The number of aryl methyl sites for hydroxylation is 1. The maximum atomic E-state index is 10.4. The Morgan fingerprint density at radius 2 is 1.71 bits per heavy atom. The molecule has 0 amide bonds. The van der Waals surface area contributed by atoms with E-state index in [1.165, 1.54) is 22.8 Å². The van der Waals surface area contributed by atoms with Gasteiger partial charge in [-0.3, -0.25) is 0 Å². The van der Waals surface area contributed by atoms with Crippen molar-refractivity contribution in [3.8, 4) is 5.75 Å². The van der Waals surface area contributed by atoms with E-state index in [0.29, 0.717) is 0 Å². The van der Waals surface area contributed by atoms with E-state index in [-0.39, 0.29) is 0 Å². The largest absolute Gasteiger partial charge is 0.496 e. The van der Waals surface area contributed by atoms with Crippen LogP contribution in [0.1, 0.15) is 36.1 Å². The first-order valence-corrected chi connectivity index (χ1v) is 7.86. The summed E-state index contributed by atoms with van der Waals surface area (Å²) in [6, 6.07) is 2.07. The Morgan fingerprint density at radius 1 is 1.04 bits per heavy atom. The number of carbonyl (C=O) groups is 1.